The second kappa shape index (κ2) is 4.43. The lowest BCUT2D eigenvalue weighted by Crippen LogP contribution is -2.26. The molecule has 0 radical (unpaired) electrons. The molecular weight excluding hydrogens is 222 g/mol. The van der Waals surface area contributed by atoms with Crippen molar-refractivity contribution in [3.8, 4) is 17.2 Å². The predicted molar refractivity (Wildman–Crippen MR) is 62.3 cm³/mol. The first-order valence-corrected chi connectivity index (χ1v) is 5.44. The van der Waals surface area contributed by atoms with Crippen molar-refractivity contribution in [3.63, 3.8) is 0 Å². The molecule has 0 bridgehead atoms. The summed E-state index contributed by atoms with van der Waals surface area (Å²) in [6, 6.07) is 3.71. The van der Waals surface area contributed by atoms with Gasteiger partial charge in [-0.25, -0.2) is 5.90 Å². The van der Waals surface area contributed by atoms with Crippen molar-refractivity contribution >= 4 is 0 Å². The molecule has 94 valence electrons. The Kier molecular flexibility index (Phi) is 3.13. The van der Waals surface area contributed by atoms with Crippen molar-refractivity contribution < 1.29 is 19.0 Å². The highest BCUT2D eigenvalue weighted by Gasteiger charge is 2.26. The summed E-state index contributed by atoms with van der Waals surface area (Å²) < 4.78 is 16.4. The Morgan fingerprint density at radius 1 is 1.24 bits per heavy atom. The van der Waals surface area contributed by atoms with Gasteiger partial charge in [-0.3, -0.25) is 4.84 Å². The van der Waals surface area contributed by atoms with Gasteiger partial charge in [0.15, 0.2) is 11.5 Å². The fourth-order valence-electron chi connectivity index (χ4n) is 1.69. The number of methoxy groups -OCH3 is 1. The lowest BCUT2D eigenvalue weighted by atomic mass is 9.97. The first-order valence-electron chi connectivity index (χ1n) is 5.44. The predicted octanol–water partition coefficient (Wildman–Crippen LogP) is 1.59. The molecule has 1 aromatic rings. The lowest BCUT2D eigenvalue weighted by Gasteiger charge is -2.26. The maximum absolute atomic E-state index is 5.54. The molecule has 0 saturated heterocycles. The fraction of sp³-hybridized carbons (Fsp3) is 0.500. The Morgan fingerprint density at radius 2 is 1.94 bits per heavy atom. The summed E-state index contributed by atoms with van der Waals surface area (Å²) >= 11 is 0. The summed E-state index contributed by atoms with van der Waals surface area (Å²) in [5.41, 5.74) is 0.268. The molecule has 0 spiro atoms. The van der Waals surface area contributed by atoms with Gasteiger partial charge in [0.1, 0.15) is 18.8 Å². The molecule has 0 saturated carbocycles. The number of hydrogen-bond acceptors (Lipinski definition) is 5. The maximum Gasteiger partial charge on any atom is 0.203 e. The molecule has 2 N–H and O–H groups in total. The maximum atomic E-state index is 5.54. The average molecular weight is 239 g/mol. The van der Waals surface area contributed by atoms with E-state index in [2.05, 4.69) is 0 Å². The molecule has 0 fully saturated rings. The van der Waals surface area contributed by atoms with Crippen LogP contribution in [0.15, 0.2) is 12.1 Å². The summed E-state index contributed by atoms with van der Waals surface area (Å²) in [4.78, 5) is 4.96. The van der Waals surface area contributed by atoms with Crippen LogP contribution in [0.2, 0.25) is 0 Å². The van der Waals surface area contributed by atoms with E-state index in [9.17, 15) is 0 Å². The normalized spacial score (nSPS) is 14.6. The number of rotatable bonds is 3. The van der Waals surface area contributed by atoms with Crippen LogP contribution >= 0.6 is 0 Å². The topological polar surface area (TPSA) is 62.9 Å². The average Bonchev–Trinajstić information content (AvgIpc) is 2.37. The van der Waals surface area contributed by atoms with Crippen LogP contribution < -0.4 is 20.1 Å². The third kappa shape index (κ3) is 2.16. The van der Waals surface area contributed by atoms with E-state index in [1.165, 1.54) is 0 Å². The standard InChI is InChI=1S/C12H17NO4/c1-12(2,17-13)8-6-9(14-3)11-10(7-8)15-4-5-16-11/h6-7H,4-5,13H2,1-3H3. The highest BCUT2D eigenvalue weighted by Crippen LogP contribution is 2.42. The van der Waals surface area contributed by atoms with Gasteiger partial charge < -0.3 is 14.2 Å². The van der Waals surface area contributed by atoms with Crippen LogP contribution in [-0.4, -0.2) is 20.3 Å². The number of fused-ring (bicyclic) bond motifs is 1. The van der Waals surface area contributed by atoms with Gasteiger partial charge in [-0.2, -0.15) is 0 Å². The smallest absolute Gasteiger partial charge is 0.203 e. The minimum atomic E-state index is -0.608. The molecule has 5 heteroatoms. The van der Waals surface area contributed by atoms with Crippen LogP contribution in [0.1, 0.15) is 19.4 Å². The van der Waals surface area contributed by atoms with Crippen LogP contribution in [0.4, 0.5) is 0 Å². The minimum absolute atomic E-state index is 0.527. The van der Waals surface area contributed by atoms with E-state index < -0.39 is 5.60 Å². The molecule has 5 nitrogen and oxygen atoms in total. The minimum Gasteiger partial charge on any atom is -0.493 e. The van der Waals surface area contributed by atoms with Crippen molar-refractivity contribution in [2.45, 2.75) is 19.4 Å². The molecule has 0 atom stereocenters. The van der Waals surface area contributed by atoms with Gasteiger partial charge in [-0.05, 0) is 31.5 Å². The van der Waals surface area contributed by atoms with Crippen molar-refractivity contribution in [3.05, 3.63) is 17.7 Å². The molecular formula is C12H17NO4. The number of nitrogens with two attached hydrogens (primary N) is 1. The van der Waals surface area contributed by atoms with E-state index in [1.807, 2.05) is 26.0 Å². The summed E-state index contributed by atoms with van der Waals surface area (Å²) in [6.07, 6.45) is 0. The number of ether oxygens (including phenoxy) is 3. The molecule has 2 rings (SSSR count). The van der Waals surface area contributed by atoms with Gasteiger partial charge in [0.25, 0.3) is 0 Å². The SMILES string of the molecule is COc1cc(C(C)(C)ON)cc2c1OCCO2. The van der Waals surface area contributed by atoms with E-state index in [0.29, 0.717) is 30.5 Å². The largest absolute Gasteiger partial charge is 0.493 e. The molecule has 0 aromatic heterocycles. The molecule has 0 unspecified atom stereocenters. The molecule has 1 aromatic carbocycles. The zero-order valence-electron chi connectivity index (χ0n) is 10.3. The van der Waals surface area contributed by atoms with E-state index >= 15 is 0 Å². The van der Waals surface area contributed by atoms with Gasteiger partial charge in [-0.15, -0.1) is 0 Å². The van der Waals surface area contributed by atoms with Crippen molar-refractivity contribution in [2.75, 3.05) is 20.3 Å². The third-order valence-corrected chi connectivity index (χ3v) is 2.82. The monoisotopic (exact) mass is 239 g/mol. The molecule has 1 aliphatic rings. The van der Waals surface area contributed by atoms with Gasteiger partial charge in [-0.1, -0.05) is 0 Å². The molecule has 1 heterocycles. The molecule has 0 aliphatic carbocycles. The fourth-order valence-corrected chi connectivity index (χ4v) is 1.69. The van der Waals surface area contributed by atoms with Crippen LogP contribution in [-0.2, 0) is 10.4 Å². The van der Waals surface area contributed by atoms with E-state index in [1.54, 1.807) is 7.11 Å². The van der Waals surface area contributed by atoms with Gasteiger partial charge >= 0.3 is 0 Å². The van der Waals surface area contributed by atoms with Crippen LogP contribution in [0, 0.1) is 0 Å². The highest BCUT2D eigenvalue weighted by molar-refractivity contribution is 5.55. The molecule has 1 aliphatic heterocycles. The van der Waals surface area contributed by atoms with E-state index in [0.717, 1.165) is 5.56 Å². The second-order valence-electron chi connectivity index (χ2n) is 4.33. The number of hydrogen-bond donors (Lipinski definition) is 1. The highest BCUT2D eigenvalue weighted by atomic mass is 16.6. The Morgan fingerprint density at radius 3 is 2.59 bits per heavy atom. The summed E-state index contributed by atoms with van der Waals surface area (Å²) in [6.45, 7) is 4.80. The zero-order chi connectivity index (χ0) is 12.5. The van der Waals surface area contributed by atoms with Gasteiger partial charge in [0.2, 0.25) is 5.75 Å². The Labute approximate surface area is 100 Å². The van der Waals surface area contributed by atoms with E-state index in [4.69, 9.17) is 24.9 Å². The van der Waals surface area contributed by atoms with Crippen LogP contribution in [0.5, 0.6) is 17.2 Å². The summed E-state index contributed by atoms with van der Waals surface area (Å²) in [5.74, 6) is 7.22. The summed E-state index contributed by atoms with van der Waals surface area (Å²) in [5, 5.41) is 0. The first kappa shape index (κ1) is 12.0. The summed E-state index contributed by atoms with van der Waals surface area (Å²) in [7, 11) is 1.59. The first-order chi connectivity index (χ1) is 8.08. The van der Waals surface area contributed by atoms with Gasteiger partial charge in [0.05, 0.1) is 7.11 Å². The van der Waals surface area contributed by atoms with Crippen molar-refractivity contribution in [1.82, 2.24) is 0 Å². The van der Waals surface area contributed by atoms with Crippen LogP contribution in [0.3, 0.4) is 0 Å². The van der Waals surface area contributed by atoms with Crippen molar-refractivity contribution in [2.24, 2.45) is 5.90 Å². The van der Waals surface area contributed by atoms with Crippen molar-refractivity contribution in [1.29, 1.82) is 0 Å². The Balaban J connectivity index is 2.50. The van der Waals surface area contributed by atoms with Crippen LogP contribution in [0.25, 0.3) is 0 Å². The Bertz CT molecular complexity index is 400. The molecule has 17 heavy (non-hydrogen) atoms. The second-order valence-corrected chi connectivity index (χ2v) is 4.33. The number of benzene rings is 1. The lowest BCUT2D eigenvalue weighted by molar-refractivity contribution is -0.0240. The third-order valence-electron chi connectivity index (χ3n) is 2.82. The van der Waals surface area contributed by atoms with E-state index in [-0.39, 0.29) is 0 Å². The quantitative estimate of drug-likeness (QED) is 0.811. The Hall–Kier alpha value is -1.46. The molecule has 0 amide bonds. The van der Waals surface area contributed by atoms with Gasteiger partial charge in [0, 0.05) is 0 Å². The zero-order valence-corrected chi connectivity index (χ0v) is 10.3.